The Labute approximate surface area is 99.1 Å². The summed E-state index contributed by atoms with van der Waals surface area (Å²) in [4.78, 5) is 17.4. The molecule has 1 amide bonds. The van der Waals surface area contributed by atoms with Crippen LogP contribution in [0.25, 0.3) is 0 Å². The van der Waals surface area contributed by atoms with Crippen LogP contribution in [-0.2, 0) is 0 Å². The van der Waals surface area contributed by atoms with E-state index in [9.17, 15) is 14.3 Å². The average molecular weight is 238 g/mol. The lowest BCUT2D eigenvalue weighted by atomic mass is 9.94. The van der Waals surface area contributed by atoms with Crippen molar-refractivity contribution in [3.63, 3.8) is 0 Å². The molecule has 1 aliphatic rings. The first-order chi connectivity index (χ1) is 7.98. The molecule has 0 aromatic carbocycles. The van der Waals surface area contributed by atoms with Gasteiger partial charge < -0.3 is 10.0 Å². The summed E-state index contributed by atoms with van der Waals surface area (Å²) < 4.78 is 12.7. The van der Waals surface area contributed by atoms with E-state index in [-0.39, 0.29) is 11.6 Å². The van der Waals surface area contributed by atoms with Crippen LogP contribution >= 0.6 is 0 Å². The van der Waals surface area contributed by atoms with Gasteiger partial charge in [-0.2, -0.15) is 0 Å². The summed E-state index contributed by atoms with van der Waals surface area (Å²) in [7, 11) is 0. The van der Waals surface area contributed by atoms with Gasteiger partial charge in [0.15, 0.2) is 0 Å². The van der Waals surface area contributed by atoms with Crippen molar-refractivity contribution in [1.29, 1.82) is 0 Å². The lowest BCUT2D eigenvalue weighted by molar-refractivity contribution is -0.00219. The molecule has 5 heteroatoms. The molecular weight excluding hydrogens is 223 g/mol. The molecule has 0 atom stereocenters. The quantitative estimate of drug-likeness (QED) is 0.800. The molecule has 1 aromatic heterocycles. The fraction of sp³-hybridized carbons (Fsp3) is 0.500. The van der Waals surface area contributed by atoms with Crippen LogP contribution in [0.4, 0.5) is 4.39 Å². The average Bonchev–Trinajstić information content (AvgIpc) is 2.29. The van der Waals surface area contributed by atoms with Crippen LogP contribution in [0, 0.1) is 5.82 Å². The van der Waals surface area contributed by atoms with Crippen LogP contribution < -0.4 is 0 Å². The van der Waals surface area contributed by atoms with E-state index in [1.54, 1.807) is 11.8 Å². The standard InChI is InChI=1S/C12H15FN2O2/c1-12(17)4-6-15(7-5-12)11(16)10-3-2-9(13)8-14-10/h2-3,8,17H,4-7H2,1H3. The molecule has 1 fully saturated rings. The van der Waals surface area contributed by atoms with E-state index >= 15 is 0 Å². The predicted molar refractivity (Wildman–Crippen MR) is 60.0 cm³/mol. The van der Waals surface area contributed by atoms with Crippen molar-refractivity contribution in [3.05, 3.63) is 29.8 Å². The molecule has 0 aliphatic carbocycles. The highest BCUT2D eigenvalue weighted by Gasteiger charge is 2.30. The summed E-state index contributed by atoms with van der Waals surface area (Å²) in [6, 6.07) is 2.60. The van der Waals surface area contributed by atoms with Crippen molar-refractivity contribution in [3.8, 4) is 0 Å². The van der Waals surface area contributed by atoms with Gasteiger partial charge in [-0.1, -0.05) is 0 Å². The van der Waals surface area contributed by atoms with Crippen LogP contribution in [0.2, 0.25) is 0 Å². The van der Waals surface area contributed by atoms with E-state index in [0.29, 0.717) is 25.9 Å². The molecule has 2 rings (SSSR count). The van der Waals surface area contributed by atoms with Crippen LogP contribution in [-0.4, -0.2) is 39.6 Å². The summed E-state index contributed by atoms with van der Waals surface area (Å²) in [5.41, 5.74) is -0.444. The number of hydrogen-bond acceptors (Lipinski definition) is 3. The van der Waals surface area contributed by atoms with Gasteiger partial charge in [0.1, 0.15) is 11.5 Å². The number of aromatic nitrogens is 1. The number of rotatable bonds is 1. The minimum Gasteiger partial charge on any atom is -0.390 e. The van der Waals surface area contributed by atoms with E-state index < -0.39 is 11.4 Å². The van der Waals surface area contributed by atoms with Crippen LogP contribution in [0.5, 0.6) is 0 Å². The highest BCUT2D eigenvalue weighted by molar-refractivity contribution is 5.92. The Morgan fingerprint density at radius 3 is 2.65 bits per heavy atom. The zero-order valence-electron chi connectivity index (χ0n) is 9.69. The molecule has 1 aliphatic heterocycles. The summed E-state index contributed by atoms with van der Waals surface area (Å²) in [5.74, 6) is -0.663. The maximum Gasteiger partial charge on any atom is 0.272 e. The Balaban J connectivity index is 2.04. The number of carbonyl (C=O) groups is 1. The Morgan fingerprint density at radius 2 is 2.12 bits per heavy atom. The first-order valence-electron chi connectivity index (χ1n) is 5.61. The van der Waals surface area contributed by atoms with Crippen molar-refractivity contribution in [2.24, 2.45) is 0 Å². The Kier molecular flexibility index (Phi) is 3.11. The highest BCUT2D eigenvalue weighted by atomic mass is 19.1. The van der Waals surface area contributed by atoms with Gasteiger partial charge in [0.05, 0.1) is 11.8 Å². The predicted octanol–water partition coefficient (Wildman–Crippen LogP) is 1.21. The largest absolute Gasteiger partial charge is 0.390 e. The summed E-state index contributed by atoms with van der Waals surface area (Å²) in [6.45, 7) is 2.78. The molecule has 92 valence electrons. The second kappa shape index (κ2) is 4.41. The second-order valence-electron chi connectivity index (χ2n) is 4.65. The normalized spacial score (nSPS) is 19.1. The Bertz CT molecular complexity index is 407. The Morgan fingerprint density at radius 1 is 1.47 bits per heavy atom. The van der Waals surface area contributed by atoms with Gasteiger partial charge in [0.25, 0.3) is 5.91 Å². The molecule has 0 bridgehead atoms. The van der Waals surface area contributed by atoms with Crippen molar-refractivity contribution in [2.75, 3.05) is 13.1 Å². The third kappa shape index (κ3) is 2.79. The van der Waals surface area contributed by atoms with E-state index in [1.165, 1.54) is 12.1 Å². The number of nitrogens with zero attached hydrogens (tertiary/aromatic N) is 2. The summed E-state index contributed by atoms with van der Waals surface area (Å²) in [5, 5.41) is 9.78. The molecule has 1 saturated heterocycles. The number of aliphatic hydroxyl groups is 1. The van der Waals surface area contributed by atoms with Gasteiger partial charge in [0.2, 0.25) is 0 Å². The molecule has 0 unspecified atom stereocenters. The van der Waals surface area contributed by atoms with Crippen molar-refractivity contribution < 1.29 is 14.3 Å². The molecule has 1 aromatic rings. The van der Waals surface area contributed by atoms with Crippen LogP contribution in [0.15, 0.2) is 18.3 Å². The third-order valence-electron chi connectivity index (χ3n) is 3.07. The maximum atomic E-state index is 12.7. The van der Waals surface area contributed by atoms with Crippen molar-refractivity contribution >= 4 is 5.91 Å². The summed E-state index contributed by atoms with van der Waals surface area (Å²) >= 11 is 0. The third-order valence-corrected chi connectivity index (χ3v) is 3.07. The van der Waals surface area contributed by atoms with Gasteiger partial charge in [-0.05, 0) is 31.9 Å². The van der Waals surface area contributed by atoms with Gasteiger partial charge in [-0.15, -0.1) is 0 Å². The molecule has 0 radical (unpaired) electrons. The van der Waals surface area contributed by atoms with E-state index in [2.05, 4.69) is 4.98 Å². The van der Waals surface area contributed by atoms with Crippen LogP contribution in [0.3, 0.4) is 0 Å². The fourth-order valence-corrected chi connectivity index (χ4v) is 1.86. The monoisotopic (exact) mass is 238 g/mol. The zero-order chi connectivity index (χ0) is 12.5. The highest BCUT2D eigenvalue weighted by Crippen LogP contribution is 2.22. The van der Waals surface area contributed by atoms with Gasteiger partial charge >= 0.3 is 0 Å². The van der Waals surface area contributed by atoms with Crippen molar-refractivity contribution in [1.82, 2.24) is 9.88 Å². The number of halogens is 1. The number of pyridine rings is 1. The summed E-state index contributed by atoms with van der Waals surface area (Å²) in [6.07, 6.45) is 2.15. The fourth-order valence-electron chi connectivity index (χ4n) is 1.86. The first-order valence-corrected chi connectivity index (χ1v) is 5.61. The molecule has 4 nitrogen and oxygen atoms in total. The molecule has 1 N–H and O–H groups in total. The number of likely N-dealkylation sites (tertiary alicyclic amines) is 1. The number of hydrogen-bond donors (Lipinski definition) is 1. The SMILES string of the molecule is CC1(O)CCN(C(=O)c2ccc(F)cn2)CC1. The van der Waals surface area contributed by atoms with E-state index in [0.717, 1.165) is 6.20 Å². The van der Waals surface area contributed by atoms with Gasteiger partial charge in [-0.25, -0.2) is 9.37 Å². The topological polar surface area (TPSA) is 53.4 Å². The van der Waals surface area contributed by atoms with Gasteiger partial charge in [-0.3, -0.25) is 4.79 Å². The minimum absolute atomic E-state index is 0.208. The van der Waals surface area contributed by atoms with E-state index in [4.69, 9.17) is 0 Å². The molecule has 0 saturated carbocycles. The maximum absolute atomic E-state index is 12.7. The smallest absolute Gasteiger partial charge is 0.272 e. The number of carbonyl (C=O) groups excluding carboxylic acids is 1. The lowest BCUT2D eigenvalue weighted by Gasteiger charge is -2.35. The molecule has 17 heavy (non-hydrogen) atoms. The van der Waals surface area contributed by atoms with Crippen LogP contribution in [0.1, 0.15) is 30.3 Å². The molecule has 2 heterocycles. The Hall–Kier alpha value is -1.49. The van der Waals surface area contributed by atoms with E-state index in [1.807, 2.05) is 0 Å². The lowest BCUT2D eigenvalue weighted by Crippen LogP contribution is -2.45. The number of amides is 1. The first kappa shape index (κ1) is 12.0. The number of piperidine rings is 1. The van der Waals surface area contributed by atoms with Crippen molar-refractivity contribution in [2.45, 2.75) is 25.4 Å². The zero-order valence-corrected chi connectivity index (χ0v) is 9.69. The molecular formula is C12H15FN2O2. The minimum atomic E-state index is -0.687. The molecule has 0 spiro atoms. The van der Waals surface area contributed by atoms with Gasteiger partial charge in [0, 0.05) is 13.1 Å². The second-order valence-corrected chi connectivity index (χ2v) is 4.65.